The van der Waals surface area contributed by atoms with Gasteiger partial charge < -0.3 is 15.0 Å². The Labute approximate surface area is 129 Å². The summed E-state index contributed by atoms with van der Waals surface area (Å²) in [7, 11) is 0. The van der Waals surface area contributed by atoms with Gasteiger partial charge in [0, 0.05) is 18.3 Å². The number of anilines is 1. The number of rotatable bonds is 5. The van der Waals surface area contributed by atoms with Gasteiger partial charge in [0.15, 0.2) is 0 Å². The number of thioether (sulfide) groups is 1. The van der Waals surface area contributed by atoms with Gasteiger partial charge in [0.2, 0.25) is 5.91 Å². The Hall–Kier alpha value is -1.43. The molecule has 0 radical (unpaired) electrons. The van der Waals surface area contributed by atoms with E-state index >= 15 is 0 Å². The maximum absolute atomic E-state index is 12.1. The van der Waals surface area contributed by atoms with E-state index < -0.39 is 5.97 Å². The molecule has 0 aromatic carbocycles. The first kappa shape index (κ1) is 15.9. The second-order valence-corrected chi connectivity index (χ2v) is 6.46. The van der Waals surface area contributed by atoms with E-state index in [1.807, 2.05) is 11.8 Å². The molecule has 0 saturated carbocycles. The first-order chi connectivity index (χ1) is 10.1. The number of hydrogen-bond acceptors (Lipinski definition) is 4. The van der Waals surface area contributed by atoms with Crippen molar-refractivity contribution in [2.75, 3.05) is 23.4 Å². The lowest BCUT2D eigenvalue weighted by Gasteiger charge is -2.20. The molecule has 21 heavy (non-hydrogen) atoms. The van der Waals surface area contributed by atoms with Crippen LogP contribution in [0.4, 0.5) is 5.69 Å². The highest BCUT2D eigenvalue weighted by molar-refractivity contribution is 7.99. The lowest BCUT2D eigenvalue weighted by molar-refractivity contribution is -0.117. The summed E-state index contributed by atoms with van der Waals surface area (Å²) in [4.78, 5) is 27.0. The van der Waals surface area contributed by atoms with Crippen LogP contribution in [0.1, 0.15) is 42.2 Å². The van der Waals surface area contributed by atoms with Gasteiger partial charge in [-0.3, -0.25) is 4.79 Å². The van der Waals surface area contributed by atoms with Gasteiger partial charge >= 0.3 is 5.97 Å². The van der Waals surface area contributed by atoms with Crippen LogP contribution in [0.15, 0.2) is 6.20 Å². The van der Waals surface area contributed by atoms with Gasteiger partial charge in [-0.25, -0.2) is 4.79 Å². The average Bonchev–Trinajstić information content (AvgIpc) is 2.81. The summed E-state index contributed by atoms with van der Waals surface area (Å²) < 4.78 is 5.03. The number of aromatic amines is 1. The zero-order chi connectivity index (χ0) is 15.2. The van der Waals surface area contributed by atoms with Crippen LogP contribution in [0.25, 0.3) is 0 Å². The number of aryl methyl sites for hydroxylation is 1. The summed E-state index contributed by atoms with van der Waals surface area (Å²) in [5, 5.41) is 2.84. The van der Waals surface area contributed by atoms with Gasteiger partial charge in [0.05, 0.1) is 12.3 Å². The molecule has 1 amide bonds. The van der Waals surface area contributed by atoms with Crippen LogP contribution in [0.2, 0.25) is 0 Å². The molecule has 1 aliphatic rings. The zero-order valence-corrected chi connectivity index (χ0v) is 13.3. The second kappa shape index (κ2) is 7.54. The van der Waals surface area contributed by atoms with Crippen LogP contribution in [-0.2, 0) is 9.53 Å². The lowest BCUT2D eigenvalue weighted by atomic mass is 9.98. The standard InChI is InChI=1S/C15H22N2O3S/c1-3-20-15(19)14-10(2)16-9-12(14)17-13(18)8-11-4-6-21-7-5-11/h9,11,16H,3-8H2,1-2H3,(H,17,18). The van der Waals surface area contributed by atoms with E-state index in [0.717, 1.165) is 24.3 Å². The Morgan fingerprint density at radius 2 is 2.14 bits per heavy atom. The van der Waals surface area contributed by atoms with E-state index in [0.29, 0.717) is 35.9 Å². The van der Waals surface area contributed by atoms with Gasteiger partial charge in [-0.2, -0.15) is 11.8 Å². The van der Waals surface area contributed by atoms with E-state index in [1.54, 1.807) is 20.0 Å². The number of carbonyl (C=O) groups is 2. The van der Waals surface area contributed by atoms with E-state index in [-0.39, 0.29) is 5.91 Å². The van der Waals surface area contributed by atoms with Crippen LogP contribution in [-0.4, -0.2) is 35.0 Å². The minimum atomic E-state index is -0.402. The maximum atomic E-state index is 12.1. The lowest BCUT2D eigenvalue weighted by Crippen LogP contribution is -2.20. The van der Waals surface area contributed by atoms with Crippen LogP contribution in [0.5, 0.6) is 0 Å². The number of H-pyrrole nitrogens is 1. The highest BCUT2D eigenvalue weighted by atomic mass is 32.2. The molecule has 1 aromatic heterocycles. The first-order valence-electron chi connectivity index (χ1n) is 7.34. The predicted molar refractivity (Wildman–Crippen MR) is 84.8 cm³/mol. The van der Waals surface area contributed by atoms with Gasteiger partial charge in [-0.1, -0.05) is 0 Å². The van der Waals surface area contributed by atoms with Gasteiger partial charge in [0.25, 0.3) is 0 Å². The third-order valence-electron chi connectivity index (χ3n) is 3.65. The van der Waals surface area contributed by atoms with Crippen molar-refractivity contribution in [2.45, 2.75) is 33.1 Å². The van der Waals surface area contributed by atoms with Crippen molar-refractivity contribution in [3.05, 3.63) is 17.5 Å². The highest BCUT2D eigenvalue weighted by Crippen LogP contribution is 2.26. The molecule has 5 nitrogen and oxygen atoms in total. The molecular formula is C15H22N2O3S. The average molecular weight is 310 g/mol. The van der Waals surface area contributed by atoms with Crippen molar-refractivity contribution < 1.29 is 14.3 Å². The maximum Gasteiger partial charge on any atom is 0.342 e. The molecule has 0 bridgehead atoms. The van der Waals surface area contributed by atoms with Crippen LogP contribution < -0.4 is 5.32 Å². The summed E-state index contributed by atoms with van der Waals surface area (Å²) in [6, 6.07) is 0. The van der Waals surface area contributed by atoms with Gasteiger partial charge in [-0.15, -0.1) is 0 Å². The van der Waals surface area contributed by atoms with E-state index in [4.69, 9.17) is 4.74 Å². The predicted octanol–water partition coefficient (Wildman–Crippen LogP) is 2.97. The number of ether oxygens (including phenoxy) is 1. The van der Waals surface area contributed by atoms with Crippen molar-refractivity contribution in [3.63, 3.8) is 0 Å². The zero-order valence-electron chi connectivity index (χ0n) is 12.5. The molecule has 0 unspecified atom stereocenters. The molecule has 2 N–H and O–H groups in total. The molecule has 6 heteroatoms. The fourth-order valence-corrected chi connectivity index (χ4v) is 3.71. The minimum Gasteiger partial charge on any atom is -0.462 e. The Kier molecular flexibility index (Phi) is 5.73. The van der Waals surface area contributed by atoms with Gasteiger partial charge in [-0.05, 0) is 44.1 Å². The molecule has 1 aliphatic heterocycles. The summed E-state index contributed by atoms with van der Waals surface area (Å²) in [6.45, 7) is 3.87. The first-order valence-corrected chi connectivity index (χ1v) is 8.50. The van der Waals surface area contributed by atoms with Crippen LogP contribution in [0.3, 0.4) is 0 Å². The molecule has 116 valence electrons. The van der Waals surface area contributed by atoms with Crippen LogP contribution in [0, 0.1) is 12.8 Å². The van der Waals surface area contributed by atoms with E-state index in [1.165, 1.54) is 0 Å². The van der Waals surface area contributed by atoms with E-state index in [9.17, 15) is 9.59 Å². The molecule has 0 atom stereocenters. The van der Waals surface area contributed by atoms with Crippen molar-refractivity contribution >= 4 is 29.3 Å². The van der Waals surface area contributed by atoms with Crippen molar-refractivity contribution in [1.29, 1.82) is 0 Å². The molecule has 2 heterocycles. The Bertz CT molecular complexity index is 507. The fourth-order valence-electron chi connectivity index (χ4n) is 2.51. The molecule has 1 saturated heterocycles. The number of hydrogen-bond donors (Lipinski definition) is 2. The Morgan fingerprint density at radius 1 is 1.43 bits per heavy atom. The molecule has 2 rings (SSSR count). The third-order valence-corrected chi connectivity index (χ3v) is 4.69. The summed E-state index contributed by atoms with van der Waals surface area (Å²) >= 11 is 1.95. The number of esters is 1. The monoisotopic (exact) mass is 310 g/mol. The second-order valence-electron chi connectivity index (χ2n) is 5.23. The molecule has 1 aromatic rings. The van der Waals surface area contributed by atoms with Crippen molar-refractivity contribution in [2.24, 2.45) is 5.92 Å². The number of nitrogens with one attached hydrogen (secondary N) is 2. The Morgan fingerprint density at radius 3 is 2.81 bits per heavy atom. The SMILES string of the molecule is CCOC(=O)c1c(NC(=O)CC2CCSCC2)c[nH]c1C. The number of carbonyl (C=O) groups excluding carboxylic acids is 2. The Balaban J connectivity index is 1.98. The largest absolute Gasteiger partial charge is 0.462 e. The normalized spacial score (nSPS) is 15.7. The molecule has 1 fully saturated rings. The van der Waals surface area contributed by atoms with Crippen LogP contribution >= 0.6 is 11.8 Å². The van der Waals surface area contributed by atoms with E-state index in [2.05, 4.69) is 10.3 Å². The topological polar surface area (TPSA) is 71.2 Å². The van der Waals surface area contributed by atoms with Gasteiger partial charge in [0.1, 0.15) is 5.56 Å². The van der Waals surface area contributed by atoms with Crippen molar-refractivity contribution in [3.8, 4) is 0 Å². The smallest absolute Gasteiger partial charge is 0.342 e. The molecular weight excluding hydrogens is 288 g/mol. The minimum absolute atomic E-state index is 0.0311. The summed E-state index contributed by atoms with van der Waals surface area (Å²) in [5.74, 6) is 2.29. The molecule has 0 spiro atoms. The summed E-state index contributed by atoms with van der Waals surface area (Å²) in [5.41, 5.74) is 1.64. The summed E-state index contributed by atoms with van der Waals surface area (Å²) in [6.07, 6.45) is 4.35. The number of amides is 1. The third kappa shape index (κ3) is 4.27. The highest BCUT2D eigenvalue weighted by Gasteiger charge is 2.21. The van der Waals surface area contributed by atoms with Crippen molar-refractivity contribution in [1.82, 2.24) is 4.98 Å². The quantitative estimate of drug-likeness (QED) is 0.820. The molecule has 0 aliphatic carbocycles. The fraction of sp³-hybridized carbons (Fsp3) is 0.600. The number of aromatic nitrogens is 1.